The van der Waals surface area contributed by atoms with Crippen molar-refractivity contribution in [2.75, 3.05) is 18.2 Å². The minimum atomic E-state index is -0.565. The summed E-state index contributed by atoms with van der Waals surface area (Å²) >= 11 is 1.11. The van der Waals surface area contributed by atoms with E-state index >= 15 is 0 Å². The molecule has 0 aliphatic carbocycles. The van der Waals surface area contributed by atoms with E-state index in [0.29, 0.717) is 27.4 Å². The lowest BCUT2D eigenvalue weighted by atomic mass is 10.2. The number of anilines is 1. The van der Waals surface area contributed by atoms with Gasteiger partial charge in [0.1, 0.15) is 5.82 Å². The van der Waals surface area contributed by atoms with E-state index in [4.69, 9.17) is 0 Å². The highest BCUT2D eigenvalue weighted by Crippen LogP contribution is 2.21. The fraction of sp³-hybridized carbons (Fsp3) is 0.120. The van der Waals surface area contributed by atoms with Gasteiger partial charge in [-0.25, -0.2) is 14.2 Å². The van der Waals surface area contributed by atoms with Gasteiger partial charge in [0.2, 0.25) is 5.91 Å². The number of carbonyl (C=O) groups is 2. The quantitative estimate of drug-likeness (QED) is 0.297. The number of methoxy groups -OCH3 is 1. The molecule has 10 heteroatoms. The largest absolute Gasteiger partial charge is 0.453 e. The van der Waals surface area contributed by atoms with Gasteiger partial charge in [-0.1, -0.05) is 36.0 Å². The molecule has 0 fully saturated rings. The highest BCUT2D eigenvalue weighted by atomic mass is 32.2. The van der Waals surface area contributed by atoms with Crippen LogP contribution in [0.5, 0.6) is 0 Å². The van der Waals surface area contributed by atoms with E-state index in [0.717, 1.165) is 17.3 Å². The number of aromatic nitrogens is 2. The van der Waals surface area contributed by atoms with E-state index in [2.05, 4.69) is 20.4 Å². The SMILES string of the molecule is COC(=O)Nc1ccc(CNC(=O)CSc2nc3ccccc3c(=O)n2-c2ccc(F)cc2)cc1. The lowest BCUT2D eigenvalue weighted by Gasteiger charge is -2.13. The lowest BCUT2D eigenvalue weighted by molar-refractivity contribution is -0.118. The van der Waals surface area contributed by atoms with Crippen molar-refractivity contribution in [3.63, 3.8) is 0 Å². The predicted octanol–water partition coefficient (Wildman–Crippen LogP) is 4.11. The first-order valence-corrected chi connectivity index (χ1v) is 11.5. The highest BCUT2D eigenvalue weighted by Gasteiger charge is 2.15. The van der Waals surface area contributed by atoms with Crippen LogP contribution in [0.1, 0.15) is 5.56 Å². The summed E-state index contributed by atoms with van der Waals surface area (Å²) in [6.45, 7) is 0.286. The van der Waals surface area contributed by atoms with Crippen LogP contribution >= 0.6 is 11.8 Å². The van der Waals surface area contributed by atoms with Gasteiger partial charge in [0, 0.05) is 12.2 Å². The number of halogens is 1. The van der Waals surface area contributed by atoms with Crippen molar-refractivity contribution in [3.05, 3.63) is 94.5 Å². The van der Waals surface area contributed by atoms with Crippen molar-refractivity contribution >= 4 is 40.4 Å². The van der Waals surface area contributed by atoms with E-state index < -0.39 is 11.9 Å². The monoisotopic (exact) mass is 492 g/mol. The second-order valence-corrected chi connectivity index (χ2v) is 8.35. The molecule has 1 aromatic heterocycles. The zero-order valence-electron chi connectivity index (χ0n) is 18.7. The van der Waals surface area contributed by atoms with Crippen molar-refractivity contribution in [1.29, 1.82) is 0 Å². The number of hydrogen-bond donors (Lipinski definition) is 2. The van der Waals surface area contributed by atoms with Crippen molar-refractivity contribution in [1.82, 2.24) is 14.9 Å². The fourth-order valence-electron chi connectivity index (χ4n) is 3.28. The number of carbonyl (C=O) groups excluding carboxylic acids is 2. The number of rotatable bonds is 7. The molecule has 8 nitrogen and oxygen atoms in total. The maximum absolute atomic E-state index is 13.4. The Kier molecular flexibility index (Phi) is 7.41. The molecule has 0 bridgehead atoms. The van der Waals surface area contributed by atoms with Crippen LogP contribution in [0.2, 0.25) is 0 Å². The van der Waals surface area contributed by atoms with Crippen LogP contribution in [0.25, 0.3) is 16.6 Å². The molecule has 0 spiro atoms. The number of ether oxygens (including phenoxy) is 1. The standard InChI is InChI=1S/C25H21FN4O4S/c1-34-25(33)28-18-10-6-16(7-11-18)14-27-22(31)15-35-24-29-21-5-3-2-4-20(21)23(32)30(24)19-12-8-17(26)9-13-19/h2-13H,14-15H2,1H3,(H,27,31)(H,28,33). The molecular formula is C25H21FN4O4S. The Hall–Kier alpha value is -4.18. The predicted molar refractivity (Wildman–Crippen MR) is 132 cm³/mol. The molecule has 0 atom stereocenters. The Morgan fingerprint density at radius 3 is 2.46 bits per heavy atom. The molecule has 0 saturated carbocycles. The zero-order chi connectivity index (χ0) is 24.8. The lowest BCUT2D eigenvalue weighted by Crippen LogP contribution is -2.26. The van der Waals surface area contributed by atoms with Gasteiger partial charge in [0.15, 0.2) is 5.16 Å². The van der Waals surface area contributed by atoms with Gasteiger partial charge in [-0.3, -0.25) is 19.5 Å². The molecule has 1 heterocycles. The number of amides is 2. The second-order valence-electron chi connectivity index (χ2n) is 7.41. The number of para-hydroxylation sites is 1. The number of benzene rings is 3. The molecule has 0 unspecified atom stereocenters. The van der Waals surface area contributed by atoms with E-state index in [-0.39, 0.29) is 23.8 Å². The van der Waals surface area contributed by atoms with Crippen molar-refractivity contribution in [2.24, 2.45) is 0 Å². The Bertz CT molecular complexity index is 1420. The smallest absolute Gasteiger partial charge is 0.411 e. The van der Waals surface area contributed by atoms with Crippen LogP contribution in [-0.2, 0) is 16.1 Å². The average Bonchev–Trinajstić information content (AvgIpc) is 2.88. The summed E-state index contributed by atoms with van der Waals surface area (Å²) in [6.07, 6.45) is -0.565. The first kappa shape index (κ1) is 24.0. The number of nitrogens with zero attached hydrogens (tertiary/aromatic N) is 2. The molecule has 0 radical (unpaired) electrons. The van der Waals surface area contributed by atoms with Crippen LogP contribution in [0.3, 0.4) is 0 Å². The molecule has 2 N–H and O–H groups in total. The Morgan fingerprint density at radius 1 is 1.03 bits per heavy atom. The van der Waals surface area contributed by atoms with Crippen LogP contribution in [0, 0.1) is 5.82 Å². The van der Waals surface area contributed by atoms with Crippen molar-refractivity contribution < 1.29 is 18.7 Å². The molecule has 35 heavy (non-hydrogen) atoms. The minimum Gasteiger partial charge on any atom is -0.453 e. The summed E-state index contributed by atoms with van der Waals surface area (Å²) in [6, 6.07) is 19.4. The number of hydrogen-bond acceptors (Lipinski definition) is 6. The summed E-state index contributed by atoms with van der Waals surface area (Å²) in [5.41, 5.74) is 2.08. The Morgan fingerprint density at radius 2 is 1.74 bits per heavy atom. The van der Waals surface area contributed by atoms with Gasteiger partial charge in [-0.2, -0.15) is 0 Å². The van der Waals surface area contributed by atoms with Gasteiger partial charge in [-0.05, 0) is 54.1 Å². The third-order valence-corrected chi connectivity index (χ3v) is 5.98. The Labute approximate surface area is 204 Å². The van der Waals surface area contributed by atoms with Crippen LogP contribution in [-0.4, -0.2) is 34.4 Å². The molecule has 4 rings (SSSR count). The molecule has 178 valence electrons. The van der Waals surface area contributed by atoms with Gasteiger partial charge in [0.05, 0.1) is 29.5 Å². The van der Waals surface area contributed by atoms with E-state index in [1.807, 2.05) is 0 Å². The normalized spacial score (nSPS) is 10.7. The zero-order valence-corrected chi connectivity index (χ0v) is 19.5. The summed E-state index contributed by atoms with van der Waals surface area (Å²) in [5.74, 6) is -0.647. The maximum Gasteiger partial charge on any atom is 0.411 e. The highest BCUT2D eigenvalue weighted by molar-refractivity contribution is 7.99. The average molecular weight is 493 g/mol. The maximum atomic E-state index is 13.4. The summed E-state index contributed by atoms with van der Waals surface area (Å²) in [7, 11) is 1.28. The second kappa shape index (κ2) is 10.8. The van der Waals surface area contributed by atoms with Crippen LogP contribution < -0.4 is 16.2 Å². The van der Waals surface area contributed by atoms with Crippen LogP contribution in [0.15, 0.2) is 82.7 Å². The number of thioether (sulfide) groups is 1. The third-order valence-electron chi connectivity index (χ3n) is 5.04. The molecule has 0 aliphatic rings. The van der Waals surface area contributed by atoms with E-state index in [1.54, 1.807) is 48.5 Å². The number of fused-ring (bicyclic) bond motifs is 1. The van der Waals surface area contributed by atoms with Gasteiger partial charge in [-0.15, -0.1) is 0 Å². The third kappa shape index (κ3) is 5.85. The first-order chi connectivity index (χ1) is 16.9. The first-order valence-electron chi connectivity index (χ1n) is 10.6. The molecule has 0 saturated heterocycles. The van der Waals surface area contributed by atoms with Crippen molar-refractivity contribution in [3.8, 4) is 5.69 Å². The molecule has 0 aliphatic heterocycles. The van der Waals surface area contributed by atoms with E-state index in [9.17, 15) is 18.8 Å². The summed E-state index contributed by atoms with van der Waals surface area (Å²) in [4.78, 5) is 41.5. The minimum absolute atomic E-state index is 0.0218. The van der Waals surface area contributed by atoms with Gasteiger partial charge in [0.25, 0.3) is 5.56 Å². The van der Waals surface area contributed by atoms with Crippen LogP contribution in [0.4, 0.5) is 14.9 Å². The molecule has 3 aromatic carbocycles. The van der Waals surface area contributed by atoms with E-state index in [1.165, 1.54) is 35.9 Å². The molecule has 2 amide bonds. The van der Waals surface area contributed by atoms with Gasteiger partial charge < -0.3 is 10.1 Å². The molecular weight excluding hydrogens is 471 g/mol. The topological polar surface area (TPSA) is 102 Å². The summed E-state index contributed by atoms with van der Waals surface area (Å²) < 4.78 is 19.4. The molecule has 4 aromatic rings. The Balaban J connectivity index is 1.47. The van der Waals surface area contributed by atoms with Gasteiger partial charge >= 0.3 is 6.09 Å². The fourth-order valence-corrected chi connectivity index (χ4v) is 4.13. The number of nitrogens with one attached hydrogen (secondary N) is 2. The van der Waals surface area contributed by atoms with Crippen molar-refractivity contribution in [2.45, 2.75) is 11.7 Å². The summed E-state index contributed by atoms with van der Waals surface area (Å²) in [5, 5.41) is 6.13.